The molecule has 2 heterocycles. The second-order valence-electron chi connectivity index (χ2n) is 3.35. The Labute approximate surface area is 116 Å². The summed E-state index contributed by atoms with van der Waals surface area (Å²) in [5, 5.41) is 0. The third-order valence-electron chi connectivity index (χ3n) is 2.21. The second kappa shape index (κ2) is 5.86. The minimum atomic E-state index is 0.427. The Bertz CT molecular complexity index is 623. The van der Waals surface area contributed by atoms with Crippen LogP contribution >= 0.6 is 10.1 Å². The molecule has 6 heteroatoms. The number of nitrogen functional groups attached to an aromatic ring is 1. The van der Waals surface area contributed by atoms with E-state index in [0.717, 1.165) is 11.1 Å². The molecule has 93 valence electrons. The summed E-state index contributed by atoms with van der Waals surface area (Å²) >= 11 is 3.03. The molecule has 18 heavy (non-hydrogen) atoms. The molecule has 0 saturated carbocycles. The van der Waals surface area contributed by atoms with Crippen molar-refractivity contribution in [3.8, 4) is 11.6 Å². The monoisotopic (exact) mass is 304 g/mol. The Kier molecular flexibility index (Phi) is 4.19. The van der Waals surface area contributed by atoms with Crippen LogP contribution in [0, 0.1) is 6.07 Å². The first-order valence-corrected chi connectivity index (χ1v) is 6.39. The number of nitrogens with zero attached hydrogens (tertiary/aromatic N) is 2. The quantitative estimate of drug-likeness (QED) is 0.702. The van der Waals surface area contributed by atoms with Crippen LogP contribution in [0.5, 0.6) is 0 Å². The first-order chi connectivity index (χ1) is 8.83. The van der Waals surface area contributed by atoms with Gasteiger partial charge in [-0.1, -0.05) is 12.1 Å². The van der Waals surface area contributed by atoms with Gasteiger partial charge in [0, 0.05) is 5.69 Å². The summed E-state index contributed by atoms with van der Waals surface area (Å²) in [5.74, 6) is 0.865. The van der Waals surface area contributed by atoms with Crippen LogP contribution in [0.3, 0.4) is 0 Å². The molecule has 2 aromatic heterocycles. The molecule has 3 rings (SSSR count). The molecule has 0 aliphatic rings. The number of aromatic nitrogens is 2. The number of halogens is 1. The topological polar surface area (TPSA) is 64.9 Å². The Balaban J connectivity index is 0.000000574. The standard InChI is InChI=1S/C12H8N3O.ClH.Co/c13-11-7-3-5-9(14-11)12-15-8-4-1-2-6-10(8)16-12;;/h1-4,6-7H,(H2,13,14);1H;/q-1;;+2/p-1. The van der Waals surface area contributed by atoms with E-state index in [0.29, 0.717) is 17.4 Å². The van der Waals surface area contributed by atoms with Crippen molar-refractivity contribution < 1.29 is 19.3 Å². The van der Waals surface area contributed by atoms with E-state index in [1.807, 2.05) is 24.3 Å². The number of fused-ring (bicyclic) bond motifs is 1. The molecule has 0 spiro atoms. The van der Waals surface area contributed by atoms with Crippen LogP contribution in [0.2, 0.25) is 0 Å². The predicted octanol–water partition coefficient (Wildman–Crippen LogP) is 2.96. The molecular weight excluding hydrogens is 297 g/mol. The van der Waals surface area contributed by atoms with Gasteiger partial charge in [0.05, 0.1) is 11.3 Å². The van der Waals surface area contributed by atoms with Gasteiger partial charge in [-0.15, -0.1) is 6.07 Å². The van der Waals surface area contributed by atoms with Gasteiger partial charge in [-0.3, -0.25) is 9.97 Å². The predicted molar refractivity (Wildman–Crippen MR) is 66.3 cm³/mol. The summed E-state index contributed by atoms with van der Waals surface area (Å²) in [6.45, 7) is 0. The molecule has 0 unspecified atom stereocenters. The van der Waals surface area contributed by atoms with Crippen LogP contribution in [0.25, 0.3) is 22.7 Å². The third-order valence-corrected chi connectivity index (χ3v) is 2.21. The average molecular weight is 305 g/mol. The van der Waals surface area contributed by atoms with Gasteiger partial charge in [0.15, 0.2) is 0 Å². The van der Waals surface area contributed by atoms with Crippen molar-refractivity contribution in [1.82, 2.24) is 9.97 Å². The Hall–Kier alpha value is -1.56. The average Bonchev–Trinajstić information content (AvgIpc) is 2.85. The van der Waals surface area contributed by atoms with E-state index in [2.05, 4.69) is 41.0 Å². The SMILES string of the molecule is Nc1cc[c-]c(-c2nc3ccccc3o2)n1.[Cl][Co+]. The molecule has 0 fully saturated rings. The number of nitrogens with two attached hydrogens (primary N) is 1. The van der Waals surface area contributed by atoms with Crippen molar-refractivity contribution in [2.45, 2.75) is 0 Å². The minimum absolute atomic E-state index is 0.427. The van der Waals surface area contributed by atoms with Gasteiger partial charge in [-0.25, -0.2) is 0 Å². The zero-order chi connectivity index (χ0) is 13.0. The third kappa shape index (κ3) is 2.64. The number of pyridine rings is 1. The van der Waals surface area contributed by atoms with Crippen molar-refractivity contribution >= 4 is 27.1 Å². The van der Waals surface area contributed by atoms with E-state index in [1.54, 1.807) is 12.1 Å². The van der Waals surface area contributed by atoms with Gasteiger partial charge >= 0.3 is 25.0 Å². The molecule has 4 nitrogen and oxygen atoms in total. The van der Waals surface area contributed by atoms with Crippen molar-refractivity contribution in [2.75, 3.05) is 5.73 Å². The molecule has 0 atom stereocenters. The van der Waals surface area contributed by atoms with Gasteiger partial charge in [-0.05, 0) is 12.1 Å². The van der Waals surface area contributed by atoms with Gasteiger partial charge in [0.2, 0.25) is 0 Å². The summed E-state index contributed by atoms with van der Waals surface area (Å²) in [6, 6.07) is 13.9. The first-order valence-electron chi connectivity index (χ1n) is 4.96. The Morgan fingerprint density at radius 1 is 1.17 bits per heavy atom. The molecule has 0 aliphatic heterocycles. The van der Waals surface area contributed by atoms with Crippen molar-refractivity contribution in [2.24, 2.45) is 0 Å². The zero-order valence-electron chi connectivity index (χ0n) is 9.06. The number of benzene rings is 1. The molecule has 2 N–H and O–H groups in total. The van der Waals surface area contributed by atoms with Crippen molar-refractivity contribution in [1.29, 1.82) is 0 Å². The molecule has 0 radical (unpaired) electrons. The van der Waals surface area contributed by atoms with E-state index in [9.17, 15) is 0 Å². The molecule has 0 amide bonds. The second-order valence-corrected chi connectivity index (χ2v) is 3.35. The number of hydrogen-bond acceptors (Lipinski definition) is 4. The molecule has 0 bridgehead atoms. The number of anilines is 1. The van der Waals surface area contributed by atoms with Crippen molar-refractivity contribution in [3.63, 3.8) is 0 Å². The summed E-state index contributed by atoms with van der Waals surface area (Å²) in [7, 11) is 4.33. The molecule has 1 aromatic carbocycles. The van der Waals surface area contributed by atoms with Crippen LogP contribution in [0.4, 0.5) is 5.82 Å². The van der Waals surface area contributed by atoms with E-state index < -0.39 is 0 Å². The Morgan fingerprint density at radius 3 is 2.67 bits per heavy atom. The van der Waals surface area contributed by atoms with Crippen molar-refractivity contribution in [3.05, 3.63) is 42.5 Å². The molecule has 3 aromatic rings. The fourth-order valence-corrected chi connectivity index (χ4v) is 1.49. The Morgan fingerprint density at radius 2 is 1.94 bits per heavy atom. The normalized spacial score (nSPS) is 9.89. The maximum absolute atomic E-state index is 5.59. The van der Waals surface area contributed by atoms with E-state index in [4.69, 9.17) is 10.2 Å². The summed E-state index contributed by atoms with van der Waals surface area (Å²) in [4.78, 5) is 8.41. The van der Waals surface area contributed by atoms with Gasteiger partial charge in [0.25, 0.3) is 0 Å². The number of para-hydroxylation sites is 2. The van der Waals surface area contributed by atoms with E-state index in [-0.39, 0.29) is 0 Å². The maximum atomic E-state index is 5.59. The van der Waals surface area contributed by atoms with Crippen LogP contribution in [-0.4, -0.2) is 9.97 Å². The molecule has 0 aliphatic carbocycles. The number of rotatable bonds is 1. The molecular formula is C12H8ClCoN3O. The van der Waals surface area contributed by atoms with E-state index in [1.165, 1.54) is 0 Å². The van der Waals surface area contributed by atoms with Crippen LogP contribution in [0.1, 0.15) is 0 Å². The first kappa shape index (κ1) is 12.9. The summed E-state index contributed by atoms with van der Waals surface area (Å²) < 4.78 is 5.55. The van der Waals surface area contributed by atoms with Gasteiger partial charge < -0.3 is 10.2 Å². The van der Waals surface area contributed by atoms with E-state index >= 15 is 0 Å². The fraction of sp³-hybridized carbons (Fsp3) is 0. The number of hydrogen-bond donors (Lipinski definition) is 1. The van der Waals surface area contributed by atoms with Gasteiger partial charge in [0.1, 0.15) is 11.5 Å². The fourth-order valence-electron chi connectivity index (χ4n) is 1.49. The molecule has 0 saturated heterocycles. The summed E-state index contributed by atoms with van der Waals surface area (Å²) in [5.41, 5.74) is 7.65. The number of oxazole rings is 1. The van der Waals surface area contributed by atoms with Gasteiger partial charge in [-0.2, -0.15) is 12.1 Å². The van der Waals surface area contributed by atoms with Crippen LogP contribution in [-0.2, 0) is 14.8 Å². The van der Waals surface area contributed by atoms with Crippen LogP contribution in [0.15, 0.2) is 40.8 Å². The summed E-state index contributed by atoms with van der Waals surface area (Å²) in [6.07, 6.45) is 0. The van der Waals surface area contributed by atoms with Crippen LogP contribution < -0.4 is 5.73 Å². The zero-order valence-corrected chi connectivity index (χ0v) is 10.9.